The Kier molecular flexibility index (Phi) is 2.89. The van der Waals surface area contributed by atoms with E-state index in [1.165, 1.54) is 38.6 Å². The van der Waals surface area contributed by atoms with Gasteiger partial charge in [-0.05, 0) is 25.7 Å². The zero-order chi connectivity index (χ0) is 9.26. The van der Waals surface area contributed by atoms with E-state index in [2.05, 4.69) is 11.8 Å². The predicted molar refractivity (Wildman–Crippen MR) is 53.7 cm³/mol. The van der Waals surface area contributed by atoms with E-state index in [1.54, 1.807) is 0 Å². The topological polar surface area (TPSA) is 23.5 Å². The van der Waals surface area contributed by atoms with Gasteiger partial charge in [-0.1, -0.05) is 19.8 Å². The lowest BCUT2D eigenvalue weighted by molar-refractivity contribution is -0.0454. The Labute approximate surface area is 80.9 Å². The molecule has 1 aliphatic heterocycles. The van der Waals surface area contributed by atoms with Crippen LogP contribution in [0.2, 0.25) is 0 Å². The average Bonchev–Trinajstić information content (AvgIpc) is 2.08. The van der Waals surface area contributed by atoms with Crippen LogP contribution in [0.3, 0.4) is 0 Å². The van der Waals surface area contributed by atoms with Gasteiger partial charge in [0, 0.05) is 18.6 Å². The Balaban J connectivity index is 1.91. The van der Waals surface area contributed by atoms with Crippen molar-refractivity contribution in [1.82, 2.24) is 4.90 Å². The van der Waals surface area contributed by atoms with Gasteiger partial charge >= 0.3 is 0 Å². The highest BCUT2D eigenvalue weighted by Crippen LogP contribution is 2.31. The van der Waals surface area contributed by atoms with Gasteiger partial charge in [0.15, 0.2) is 0 Å². The lowest BCUT2D eigenvalue weighted by atomic mass is 9.86. The highest BCUT2D eigenvalue weighted by Gasteiger charge is 2.36. The van der Waals surface area contributed by atoms with Crippen LogP contribution in [-0.2, 0) is 0 Å². The molecule has 2 rings (SSSR count). The number of rotatable bonds is 2. The van der Waals surface area contributed by atoms with Crippen LogP contribution in [-0.4, -0.2) is 34.7 Å². The number of nitrogens with zero attached hydrogens (tertiary/aromatic N) is 1. The highest BCUT2D eigenvalue weighted by atomic mass is 16.3. The van der Waals surface area contributed by atoms with Crippen LogP contribution in [0.15, 0.2) is 0 Å². The van der Waals surface area contributed by atoms with Crippen LogP contribution < -0.4 is 0 Å². The molecule has 1 saturated heterocycles. The first-order chi connectivity index (χ1) is 6.33. The van der Waals surface area contributed by atoms with Gasteiger partial charge in [-0.25, -0.2) is 0 Å². The molecule has 76 valence electrons. The van der Waals surface area contributed by atoms with Gasteiger partial charge in [0.05, 0.1) is 6.10 Å². The number of hydrogen-bond acceptors (Lipinski definition) is 2. The second-order valence-corrected chi connectivity index (χ2v) is 4.51. The molecule has 0 aromatic rings. The fourth-order valence-electron chi connectivity index (χ4n) is 2.81. The lowest BCUT2D eigenvalue weighted by Gasteiger charge is -2.49. The Hall–Kier alpha value is -0.0800. The van der Waals surface area contributed by atoms with Crippen LogP contribution in [0.4, 0.5) is 0 Å². The second-order valence-electron chi connectivity index (χ2n) is 4.51. The molecule has 1 N–H and O–H groups in total. The molecule has 1 heterocycles. The maximum absolute atomic E-state index is 9.88. The van der Waals surface area contributed by atoms with Crippen LogP contribution in [0.1, 0.15) is 45.4 Å². The normalized spacial score (nSPS) is 41.5. The first-order valence-electron chi connectivity index (χ1n) is 5.76. The fourth-order valence-corrected chi connectivity index (χ4v) is 2.81. The van der Waals surface area contributed by atoms with Crippen LogP contribution >= 0.6 is 0 Å². The predicted octanol–water partition coefficient (Wildman–Crippen LogP) is 1.77. The van der Waals surface area contributed by atoms with E-state index in [0.717, 1.165) is 12.5 Å². The molecule has 0 bridgehead atoms. The van der Waals surface area contributed by atoms with E-state index >= 15 is 0 Å². The summed E-state index contributed by atoms with van der Waals surface area (Å²) in [6.45, 7) is 3.48. The molecule has 1 aliphatic carbocycles. The van der Waals surface area contributed by atoms with Gasteiger partial charge in [-0.3, -0.25) is 4.90 Å². The molecular weight excluding hydrogens is 162 g/mol. The largest absolute Gasteiger partial charge is 0.391 e. The number of aliphatic hydroxyl groups excluding tert-OH is 1. The van der Waals surface area contributed by atoms with Crippen molar-refractivity contribution in [3.63, 3.8) is 0 Å². The second kappa shape index (κ2) is 3.97. The van der Waals surface area contributed by atoms with E-state index in [-0.39, 0.29) is 6.10 Å². The quantitative estimate of drug-likeness (QED) is 0.705. The minimum absolute atomic E-state index is 0.0388. The molecule has 2 heteroatoms. The maximum atomic E-state index is 9.88. The van der Waals surface area contributed by atoms with Crippen LogP contribution in [0.25, 0.3) is 0 Å². The highest BCUT2D eigenvalue weighted by molar-refractivity contribution is 4.92. The van der Waals surface area contributed by atoms with Crippen molar-refractivity contribution in [3.05, 3.63) is 0 Å². The minimum atomic E-state index is -0.0388. The first kappa shape index (κ1) is 9.47. The van der Waals surface area contributed by atoms with Gasteiger partial charge in [0.25, 0.3) is 0 Å². The van der Waals surface area contributed by atoms with Crippen molar-refractivity contribution in [2.24, 2.45) is 0 Å². The van der Waals surface area contributed by atoms with Crippen molar-refractivity contribution < 1.29 is 5.11 Å². The van der Waals surface area contributed by atoms with E-state index < -0.39 is 0 Å². The van der Waals surface area contributed by atoms with Crippen molar-refractivity contribution in [2.45, 2.75) is 63.6 Å². The van der Waals surface area contributed by atoms with Crippen LogP contribution in [0, 0.1) is 0 Å². The van der Waals surface area contributed by atoms with E-state index in [9.17, 15) is 5.11 Å². The number of aliphatic hydroxyl groups is 1. The Morgan fingerprint density at radius 1 is 1.23 bits per heavy atom. The molecule has 3 unspecified atom stereocenters. The molecule has 0 aromatic carbocycles. The summed E-state index contributed by atoms with van der Waals surface area (Å²) in [7, 11) is 0. The molecule has 1 saturated carbocycles. The molecule has 2 nitrogen and oxygen atoms in total. The number of likely N-dealkylation sites (tertiary alicyclic amines) is 1. The Bertz CT molecular complexity index is 169. The third-order valence-electron chi connectivity index (χ3n) is 3.78. The molecule has 0 aromatic heterocycles. The Morgan fingerprint density at radius 3 is 2.54 bits per heavy atom. The van der Waals surface area contributed by atoms with E-state index in [0.29, 0.717) is 6.04 Å². The van der Waals surface area contributed by atoms with Crippen LogP contribution in [0.5, 0.6) is 0 Å². The zero-order valence-corrected chi connectivity index (χ0v) is 8.58. The smallest absolute Gasteiger partial charge is 0.0695 e. The van der Waals surface area contributed by atoms with Gasteiger partial charge < -0.3 is 5.11 Å². The number of hydrogen-bond donors (Lipinski definition) is 1. The molecule has 13 heavy (non-hydrogen) atoms. The zero-order valence-electron chi connectivity index (χ0n) is 8.58. The van der Waals surface area contributed by atoms with Gasteiger partial charge in [0.1, 0.15) is 0 Å². The SMILES string of the molecule is CCC1CCN1C1CCCCC1O. The summed E-state index contributed by atoms with van der Waals surface area (Å²) in [4.78, 5) is 2.53. The van der Waals surface area contributed by atoms with E-state index in [1.807, 2.05) is 0 Å². The third-order valence-corrected chi connectivity index (χ3v) is 3.78. The molecule has 0 radical (unpaired) electrons. The summed E-state index contributed by atoms with van der Waals surface area (Å²) in [6, 6.07) is 1.27. The lowest BCUT2D eigenvalue weighted by Crippen LogP contribution is -2.57. The minimum Gasteiger partial charge on any atom is -0.391 e. The maximum Gasteiger partial charge on any atom is 0.0695 e. The molecule has 2 fully saturated rings. The standard InChI is InChI=1S/C11H21NO/c1-2-9-7-8-12(9)10-5-3-4-6-11(10)13/h9-11,13H,2-8H2,1H3. The molecule has 0 spiro atoms. The van der Waals surface area contributed by atoms with E-state index in [4.69, 9.17) is 0 Å². The summed E-state index contributed by atoms with van der Waals surface area (Å²) in [5.41, 5.74) is 0. The molecule has 2 aliphatic rings. The third kappa shape index (κ3) is 1.75. The fraction of sp³-hybridized carbons (Fsp3) is 1.00. The molecule has 3 atom stereocenters. The molecular formula is C11H21NO. The summed E-state index contributed by atoms with van der Waals surface area (Å²) in [6.07, 6.45) is 7.35. The molecule has 0 amide bonds. The monoisotopic (exact) mass is 183 g/mol. The first-order valence-corrected chi connectivity index (χ1v) is 5.76. The summed E-state index contributed by atoms with van der Waals surface area (Å²) < 4.78 is 0. The van der Waals surface area contributed by atoms with Crippen molar-refractivity contribution in [2.75, 3.05) is 6.54 Å². The Morgan fingerprint density at radius 2 is 2.00 bits per heavy atom. The van der Waals surface area contributed by atoms with Gasteiger partial charge in [0.2, 0.25) is 0 Å². The van der Waals surface area contributed by atoms with Crippen molar-refractivity contribution in [1.29, 1.82) is 0 Å². The van der Waals surface area contributed by atoms with Gasteiger partial charge in [-0.15, -0.1) is 0 Å². The summed E-state index contributed by atoms with van der Waals surface area (Å²) >= 11 is 0. The van der Waals surface area contributed by atoms with Gasteiger partial charge in [-0.2, -0.15) is 0 Å². The summed E-state index contributed by atoms with van der Waals surface area (Å²) in [5.74, 6) is 0. The van der Waals surface area contributed by atoms with Crippen molar-refractivity contribution in [3.8, 4) is 0 Å². The van der Waals surface area contributed by atoms with Crippen molar-refractivity contribution >= 4 is 0 Å². The average molecular weight is 183 g/mol. The summed E-state index contributed by atoms with van der Waals surface area (Å²) in [5, 5.41) is 9.88.